The predicted octanol–water partition coefficient (Wildman–Crippen LogP) is 1.32. The fourth-order valence-corrected chi connectivity index (χ4v) is 0.321. The first-order valence-corrected chi connectivity index (χ1v) is 1.67. The van der Waals surface area contributed by atoms with E-state index in [4.69, 9.17) is 0 Å². The standard InChI is InChI=1S/C5H5.CH3.Rh.2H/c1-2-4-5-3-1;;;;/h1-5H;1H3;;;/q2*-1;;;. The van der Waals surface area contributed by atoms with Crippen molar-refractivity contribution in [1.82, 2.24) is 0 Å². The molecule has 1 radical (unpaired) electrons. The summed E-state index contributed by atoms with van der Waals surface area (Å²) in [5, 5.41) is 0. The van der Waals surface area contributed by atoms with E-state index in [-0.39, 0.29) is 26.9 Å². The van der Waals surface area contributed by atoms with Gasteiger partial charge in [0, 0.05) is 0 Å². The second kappa shape index (κ2) is 5.97. The molecule has 1 aromatic rings. The van der Waals surface area contributed by atoms with Crippen molar-refractivity contribution in [3.63, 3.8) is 0 Å². The zero-order valence-electron chi connectivity index (χ0n) is 4.26. The SMILES string of the molecule is [CH3-].[RhH2].c1cc[cH-]c1. The molecule has 0 saturated heterocycles. The van der Waals surface area contributed by atoms with Crippen LogP contribution in [0, 0.1) is 7.43 Å². The summed E-state index contributed by atoms with van der Waals surface area (Å²) in [4.78, 5) is 0. The monoisotopic (exact) mass is 185 g/mol. The topological polar surface area (TPSA) is 0 Å². The van der Waals surface area contributed by atoms with Crippen LogP contribution in [0.1, 0.15) is 0 Å². The summed E-state index contributed by atoms with van der Waals surface area (Å²) in [6.45, 7) is 0. The smallest absolute Gasteiger partial charge is 0.172 e. The average molecular weight is 185 g/mol. The normalized spacial score (nSPS) is 5.71. The molecule has 0 heterocycles. The van der Waals surface area contributed by atoms with Crippen LogP contribution in [0.3, 0.4) is 0 Å². The van der Waals surface area contributed by atoms with E-state index in [0.29, 0.717) is 0 Å². The Kier molecular flexibility index (Phi) is 8.58. The van der Waals surface area contributed by atoms with E-state index in [2.05, 4.69) is 0 Å². The van der Waals surface area contributed by atoms with Gasteiger partial charge in [-0.2, -0.15) is 18.2 Å². The third-order valence-corrected chi connectivity index (χ3v) is 0.556. The Morgan fingerprint density at radius 3 is 1.57 bits per heavy atom. The third kappa shape index (κ3) is 3.81. The molecule has 0 saturated carbocycles. The van der Waals surface area contributed by atoms with Gasteiger partial charge in [0.05, 0.1) is 0 Å². The maximum absolute atomic E-state index is 2.00. The number of hydrogen-bond acceptors (Lipinski definition) is 0. The molecule has 0 aliphatic rings. The molecule has 0 atom stereocenters. The van der Waals surface area contributed by atoms with Crippen LogP contribution in [0.2, 0.25) is 0 Å². The summed E-state index contributed by atoms with van der Waals surface area (Å²) in [5.74, 6) is 0. The molecule has 0 aromatic heterocycles. The van der Waals surface area contributed by atoms with E-state index < -0.39 is 0 Å². The van der Waals surface area contributed by atoms with Gasteiger partial charge in [0.15, 0.2) is 0 Å². The van der Waals surface area contributed by atoms with Gasteiger partial charge in [-0.15, -0.1) is 0 Å². The fourth-order valence-electron chi connectivity index (χ4n) is 0.321. The largest absolute Gasteiger partial charge is 0.214 e. The molecule has 1 rings (SSSR count). The first kappa shape index (κ1) is 10.1. The van der Waals surface area contributed by atoms with Gasteiger partial charge in [0.1, 0.15) is 0 Å². The maximum Gasteiger partial charge on any atom is -0.172 e. The minimum atomic E-state index is 0. The molecule has 0 spiro atoms. The summed E-state index contributed by atoms with van der Waals surface area (Å²) in [6.07, 6.45) is 0. The third-order valence-electron chi connectivity index (χ3n) is 0.556. The molecule has 1 aromatic carbocycles. The zero-order valence-corrected chi connectivity index (χ0v) is 6.12. The van der Waals surface area contributed by atoms with Crippen LogP contribution in [-0.2, 0) is 19.5 Å². The van der Waals surface area contributed by atoms with Gasteiger partial charge in [-0.05, 0) is 0 Å². The molecule has 0 N–H and O–H groups in total. The Balaban J connectivity index is 0. The Hall–Kier alpha value is -0.0266. The van der Waals surface area contributed by atoms with E-state index in [0.717, 1.165) is 0 Å². The maximum atomic E-state index is 2.00. The molecule has 1 heteroatoms. The first-order valence-electron chi connectivity index (χ1n) is 1.67. The van der Waals surface area contributed by atoms with Crippen molar-refractivity contribution in [2.75, 3.05) is 0 Å². The van der Waals surface area contributed by atoms with Gasteiger partial charge in [-0.3, -0.25) is 0 Å². The van der Waals surface area contributed by atoms with Crippen molar-refractivity contribution >= 4 is 0 Å². The minimum absolute atomic E-state index is 0. The molecular formula is C6H10Rh-2. The van der Waals surface area contributed by atoms with Crippen LogP contribution in [0.25, 0.3) is 0 Å². The second-order valence-electron chi connectivity index (χ2n) is 0.962. The Labute approximate surface area is 57.7 Å². The van der Waals surface area contributed by atoms with Crippen molar-refractivity contribution in [1.29, 1.82) is 0 Å². The molecule has 0 fully saturated rings. The zero-order chi connectivity index (χ0) is 3.54. The van der Waals surface area contributed by atoms with Crippen molar-refractivity contribution in [2.45, 2.75) is 0 Å². The summed E-state index contributed by atoms with van der Waals surface area (Å²) in [6, 6.07) is 10.0. The van der Waals surface area contributed by atoms with Crippen LogP contribution in [0.5, 0.6) is 0 Å². The molecule has 0 aliphatic heterocycles. The van der Waals surface area contributed by atoms with E-state index in [1.54, 1.807) is 0 Å². The van der Waals surface area contributed by atoms with Gasteiger partial charge in [0.25, 0.3) is 0 Å². The molecule has 7 heavy (non-hydrogen) atoms. The molecular weight excluding hydrogens is 175 g/mol. The van der Waals surface area contributed by atoms with Gasteiger partial charge in [-0.25, -0.2) is 12.1 Å². The first-order chi connectivity index (χ1) is 2.50. The molecule has 45 valence electrons. The number of hydrogen-bond donors (Lipinski definition) is 0. The predicted molar refractivity (Wildman–Crippen MR) is 31.2 cm³/mol. The Morgan fingerprint density at radius 2 is 1.43 bits per heavy atom. The summed E-state index contributed by atoms with van der Waals surface area (Å²) < 4.78 is 0. The molecule has 0 bridgehead atoms. The van der Waals surface area contributed by atoms with Gasteiger partial charge in [-0.1, -0.05) is 0 Å². The molecule has 0 unspecified atom stereocenters. The van der Waals surface area contributed by atoms with Crippen LogP contribution >= 0.6 is 0 Å². The summed E-state index contributed by atoms with van der Waals surface area (Å²) >= 11 is 0. The van der Waals surface area contributed by atoms with Crippen LogP contribution in [-0.4, -0.2) is 0 Å². The minimum Gasteiger partial charge on any atom is -0.214 e. The average Bonchev–Trinajstić information content (AvgIpc) is 1.76. The van der Waals surface area contributed by atoms with Crippen molar-refractivity contribution in [3.05, 3.63) is 37.8 Å². The second-order valence-corrected chi connectivity index (χ2v) is 0.962. The fraction of sp³-hybridized carbons (Fsp3) is 0. The molecule has 0 nitrogen and oxygen atoms in total. The number of rotatable bonds is 0. The van der Waals surface area contributed by atoms with E-state index >= 15 is 0 Å². The van der Waals surface area contributed by atoms with Crippen LogP contribution < -0.4 is 0 Å². The Morgan fingerprint density at radius 1 is 1.00 bits per heavy atom. The summed E-state index contributed by atoms with van der Waals surface area (Å²) in [5.41, 5.74) is 0. The van der Waals surface area contributed by atoms with E-state index in [1.165, 1.54) is 0 Å². The summed E-state index contributed by atoms with van der Waals surface area (Å²) in [7, 11) is 0. The van der Waals surface area contributed by atoms with Crippen LogP contribution in [0.4, 0.5) is 0 Å². The molecule has 0 aliphatic carbocycles. The Bertz CT molecular complexity index is 60.7. The van der Waals surface area contributed by atoms with E-state index in [1.807, 2.05) is 30.3 Å². The van der Waals surface area contributed by atoms with Crippen molar-refractivity contribution in [3.8, 4) is 0 Å². The molecule has 0 amide bonds. The van der Waals surface area contributed by atoms with Crippen molar-refractivity contribution < 1.29 is 19.5 Å². The van der Waals surface area contributed by atoms with Crippen molar-refractivity contribution in [2.24, 2.45) is 0 Å². The van der Waals surface area contributed by atoms with E-state index in [9.17, 15) is 0 Å². The van der Waals surface area contributed by atoms with Crippen LogP contribution in [0.15, 0.2) is 30.3 Å². The van der Waals surface area contributed by atoms with Gasteiger partial charge >= 0.3 is 19.5 Å². The van der Waals surface area contributed by atoms with Gasteiger partial charge < -0.3 is 7.43 Å². The quantitative estimate of drug-likeness (QED) is 0.422. The van der Waals surface area contributed by atoms with Gasteiger partial charge in [0.2, 0.25) is 0 Å².